The minimum Gasteiger partial charge on any atom is -0.273 e. The Labute approximate surface area is 107 Å². The van der Waals surface area contributed by atoms with E-state index in [-0.39, 0.29) is 11.8 Å². The normalized spacial score (nSPS) is 25.7. The summed E-state index contributed by atoms with van der Waals surface area (Å²) in [6, 6.07) is 0. The van der Waals surface area contributed by atoms with Gasteiger partial charge in [-0.05, 0) is 39.9 Å². The Morgan fingerprint density at radius 3 is 2.53 bits per heavy atom. The molecular weight excluding hydrogens is 234 g/mol. The minimum absolute atomic E-state index is 0.0265. The molecule has 0 bridgehead atoms. The molecule has 0 aromatic heterocycles. The summed E-state index contributed by atoms with van der Waals surface area (Å²) in [5.41, 5.74) is -0.0265. The van der Waals surface area contributed by atoms with Crippen molar-refractivity contribution in [3.05, 3.63) is 0 Å². The van der Waals surface area contributed by atoms with E-state index in [2.05, 4.69) is 36.1 Å². The van der Waals surface area contributed by atoms with Gasteiger partial charge in [0.2, 0.25) is 0 Å². The molecule has 96 valence electrons. The van der Waals surface area contributed by atoms with Crippen molar-refractivity contribution < 1.29 is 0 Å². The van der Waals surface area contributed by atoms with Gasteiger partial charge in [0.15, 0.2) is 11.5 Å². The number of nitrogens with one attached hydrogen (secondary N) is 1. The van der Waals surface area contributed by atoms with Crippen LogP contribution in [-0.2, 0) is 0 Å². The Hall–Kier alpha value is -0.590. The first-order valence-electron chi connectivity index (χ1n) is 5.93. The first-order chi connectivity index (χ1) is 7.90. The number of thioether (sulfide) groups is 1. The quantitative estimate of drug-likeness (QED) is 0.732. The average Bonchev–Trinajstić information content (AvgIpc) is 3.02. The number of hydrogen-bond acceptors (Lipinski definition) is 6. The van der Waals surface area contributed by atoms with E-state index in [1.165, 1.54) is 12.8 Å². The summed E-state index contributed by atoms with van der Waals surface area (Å²) in [5.74, 6) is 7.62. The van der Waals surface area contributed by atoms with Gasteiger partial charge in [0.25, 0.3) is 0 Å². The van der Waals surface area contributed by atoms with Crippen LogP contribution in [0.3, 0.4) is 0 Å². The lowest BCUT2D eigenvalue weighted by atomic mass is 10.1. The Morgan fingerprint density at radius 1 is 1.41 bits per heavy atom. The standard InChI is InChI=1S/C11H21N5S/c1-11(2,3)15-9-14-10(17-4)13-8(16(9)12)7-5-6-7/h7,9,15H,5-6,12H2,1-4H3. The summed E-state index contributed by atoms with van der Waals surface area (Å²) < 4.78 is 0. The van der Waals surface area contributed by atoms with Crippen LogP contribution < -0.4 is 11.2 Å². The third-order valence-corrected chi connectivity index (χ3v) is 3.22. The van der Waals surface area contributed by atoms with Gasteiger partial charge in [-0.25, -0.2) is 15.8 Å². The summed E-state index contributed by atoms with van der Waals surface area (Å²) in [7, 11) is 0. The van der Waals surface area contributed by atoms with Crippen LogP contribution in [0.5, 0.6) is 0 Å². The molecule has 1 fully saturated rings. The van der Waals surface area contributed by atoms with Crippen molar-refractivity contribution in [2.75, 3.05) is 6.26 Å². The van der Waals surface area contributed by atoms with Gasteiger partial charge in [-0.2, -0.15) is 0 Å². The molecule has 1 atom stereocenters. The van der Waals surface area contributed by atoms with Crippen molar-refractivity contribution in [2.24, 2.45) is 21.7 Å². The van der Waals surface area contributed by atoms with Crippen molar-refractivity contribution in [2.45, 2.75) is 45.4 Å². The van der Waals surface area contributed by atoms with Gasteiger partial charge in [0.1, 0.15) is 5.84 Å². The molecule has 0 amide bonds. The van der Waals surface area contributed by atoms with Crippen LogP contribution >= 0.6 is 11.8 Å². The molecule has 0 radical (unpaired) electrons. The van der Waals surface area contributed by atoms with Crippen LogP contribution in [0.1, 0.15) is 33.6 Å². The number of nitrogens with zero attached hydrogens (tertiary/aromatic N) is 3. The molecule has 0 spiro atoms. The van der Waals surface area contributed by atoms with Crippen molar-refractivity contribution in [3.8, 4) is 0 Å². The lowest BCUT2D eigenvalue weighted by molar-refractivity contribution is 0.217. The fraction of sp³-hybridized carbons (Fsp3) is 0.818. The topological polar surface area (TPSA) is 66.0 Å². The van der Waals surface area contributed by atoms with Crippen LogP contribution in [-0.4, -0.2) is 34.1 Å². The first-order valence-corrected chi connectivity index (χ1v) is 7.15. The highest BCUT2D eigenvalue weighted by Crippen LogP contribution is 2.33. The van der Waals surface area contributed by atoms with Gasteiger partial charge in [-0.3, -0.25) is 10.3 Å². The molecule has 2 aliphatic rings. The van der Waals surface area contributed by atoms with Crippen LogP contribution in [0.15, 0.2) is 9.98 Å². The number of rotatable bonds is 2. The van der Waals surface area contributed by atoms with E-state index < -0.39 is 0 Å². The second-order valence-electron chi connectivity index (χ2n) is 5.54. The second kappa shape index (κ2) is 4.59. The molecule has 0 saturated heterocycles. The minimum atomic E-state index is -0.203. The maximum atomic E-state index is 6.11. The SMILES string of the molecule is CSC1=NC(NC(C)(C)C)N(N)C(C2CC2)=N1. The summed E-state index contributed by atoms with van der Waals surface area (Å²) in [5, 5.41) is 5.90. The zero-order valence-corrected chi connectivity index (χ0v) is 11.7. The Kier molecular flexibility index (Phi) is 3.47. The van der Waals surface area contributed by atoms with E-state index in [1.54, 1.807) is 16.8 Å². The molecule has 3 N–H and O–H groups in total. The van der Waals surface area contributed by atoms with E-state index in [0.717, 1.165) is 11.0 Å². The number of hydrazine groups is 1. The van der Waals surface area contributed by atoms with Crippen molar-refractivity contribution >= 4 is 22.8 Å². The number of aliphatic imine (C=N–C) groups is 2. The first kappa shape index (κ1) is 12.9. The highest BCUT2D eigenvalue weighted by atomic mass is 32.2. The van der Waals surface area contributed by atoms with Crippen LogP contribution in [0.25, 0.3) is 0 Å². The van der Waals surface area contributed by atoms with Crippen molar-refractivity contribution in [3.63, 3.8) is 0 Å². The third-order valence-electron chi connectivity index (χ3n) is 2.66. The van der Waals surface area contributed by atoms with Gasteiger partial charge >= 0.3 is 0 Å². The van der Waals surface area contributed by atoms with Gasteiger partial charge in [0, 0.05) is 11.5 Å². The van der Waals surface area contributed by atoms with E-state index in [1.807, 2.05) is 6.26 Å². The van der Waals surface area contributed by atoms with E-state index >= 15 is 0 Å². The maximum absolute atomic E-state index is 6.11. The van der Waals surface area contributed by atoms with E-state index in [4.69, 9.17) is 5.84 Å². The zero-order chi connectivity index (χ0) is 12.6. The van der Waals surface area contributed by atoms with Crippen molar-refractivity contribution in [1.29, 1.82) is 0 Å². The van der Waals surface area contributed by atoms with E-state index in [0.29, 0.717) is 5.92 Å². The molecule has 5 nitrogen and oxygen atoms in total. The zero-order valence-electron chi connectivity index (χ0n) is 10.9. The summed E-state index contributed by atoms with van der Waals surface area (Å²) >= 11 is 1.57. The molecule has 1 unspecified atom stereocenters. The summed E-state index contributed by atoms with van der Waals surface area (Å²) in [6.07, 6.45) is 4.17. The predicted octanol–water partition coefficient (Wildman–Crippen LogP) is 1.37. The van der Waals surface area contributed by atoms with Crippen LogP contribution in [0.4, 0.5) is 0 Å². The van der Waals surface area contributed by atoms with Gasteiger partial charge in [0.05, 0.1) is 0 Å². The molecule has 0 aromatic rings. The highest BCUT2D eigenvalue weighted by Gasteiger charge is 2.36. The lowest BCUT2D eigenvalue weighted by Crippen LogP contribution is -2.58. The van der Waals surface area contributed by atoms with Gasteiger partial charge in [-0.1, -0.05) is 11.8 Å². The maximum Gasteiger partial charge on any atom is 0.193 e. The number of amidine groups is 2. The average molecular weight is 255 g/mol. The van der Waals surface area contributed by atoms with Gasteiger partial charge in [-0.15, -0.1) is 0 Å². The summed E-state index contributed by atoms with van der Waals surface area (Å²) in [6.45, 7) is 6.33. The molecule has 1 aliphatic carbocycles. The third kappa shape index (κ3) is 3.20. The predicted molar refractivity (Wildman–Crippen MR) is 73.8 cm³/mol. The smallest absolute Gasteiger partial charge is 0.193 e. The highest BCUT2D eigenvalue weighted by molar-refractivity contribution is 8.13. The molecule has 6 heteroatoms. The molecule has 17 heavy (non-hydrogen) atoms. The molecule has 2 rings (SSSR count). The molecule has 1 saturated carbocycles. The number of nitrogens with two attached hydrogens (primary N) is 1. The molecule has 0 aromatic carbocycles. The summed E-state index contributed by atoms with van der Waals surface area (Å²) in [4.78, 5) is 9.02. The van der Waals surface area contributed by atoms with Crippen molar-refractivity contribution in [1.82, 2.24) is 10.3 Å². The molecule has 1 aliphatic heterocycles. The Morgan fingerprint density at radius 2 is 2.06 bits per heavy atom. The van der Waals surface area contributed by atoms with Gasteiger partial charge < -0.3 is 0 Å². The second-order valence-corrected chi connectivity index (χ2v) is 6.31. The fourth-order valence-corrected chi connectivity index (χ4v) is 2.10. The van der Waals surface area contributed by atoms with E-state index in [9.17, 15) is 0 Å². The fourth-order valence-electron chi connectivity index (χ4n) is 1.71. The van der Waals surface area contributed by atoms with Crippen LogP contribution in [0.2, 0.25) is 0 Å². The van der Waals surface area contributed by atoms with Crippen LogP contribution in [0, 0.1) is 5.92 Å². The number of hydrogen-bond donors (Lipinski definition) is 2. The monoisotopic (exact) mass is 255 g/mol. The Bertz CT molecular complexity index is 353. The lowest BCUT2D eigenvalue weighted by Gasteiger charge is -2.35. The Balaban J connectivity index is 2.17. The molecular formula is C11H21N5S. The largest absolute Gasteiger partial charge is 0.273 e. The molecule has 1 heterocycles.